The van der Waals surface area contributed by atoms with E-state index in [0.29, 0.717) is 10.3 Å². The number of primary amides is 1. The minimum absolute atomic E-state index is 0.0297. The van der Waals surface area contributed by atoms with Crippen molar-refractivity contribution in [1.29, 1.82) is 0 Å². The van der Waals surface area contributed by atoms with Crippen LogP contribution in [-0.2, 0) is 6.54 Å². The van der Waals surface area contributed by atoms with Gasteiger partial charge in [0.05, 0.1) is 6.54 Å². The van der Waals surface area contributed by atoms with E-state index >= 15 is 0 Å². The summed E-state index contributed by atoms with van der Waals surface area (Å²) in [6.07, 6.45) is 1.40. The fourth-order valence-corrected chi connectivity index (χ4v) is 2.05. The molecule has 1 heterocycles. The largest absolute Gasteiger partial charge is 0.366 e. The molecule has 0 spiro atoms. The first-order valence-electron chi connectivity index (χ1n) is 5.70. The minimum Gasteiger partial charge on any atom is -0.366 e. The van der Waals surface area contributed by atoms with Crippen molar-refractivity contribution in [2.24, 2.45) is 5.73 Å². The Labute approximate surface area is 122 Å². The van der Waals surface area contributed by atoms with Crippen molar-refractivity contribution in [2.45, 2.75) is 13.5 Å². The molecule has 0 radical (unpaired) electrons. The van der Waals surface area contributed by atoms with E-state index in [-0.39, 0.29) is 23.2 Å². The quantitative estimate of drug-likeness (QED) is 0.922. The van der Waals surface area contributed by atoms with E-state index in [1.54, 1.807) is 6.92 Å². The summed E-state index contributed by atoms with van der Waals surface area (Å²) in [5.74, 6) is -0.822. The van der Waals surface area contributed by atoms with Gasteiger partial charge in [-0.3, -0.25) is 14.2 Å². The highest BCUT2D eigenvalue weighted by Crippen LogP contribution is 2.12. The number of nitrogens with two attached hydrogens (primary N) is 1. The number of rotatable bonds is 3. The summed E-state index contributed by atoms with van der Waals surface area (Å²) in [7, 11) is 0. The van der Waals surface area contributed by atoms with Crippen LogP contribution in [0.15, 0.2) is 33.7 Å². The Bertz CT molecular complexity index is 743. The van der Waals surface area contributed by atoms with Gasteiger partial charge in [0.25, 0.3) is 5.56 Å². The molecule has 0 bridgehead atoms. The van der Waals surface area contributed by atoms with Gasteiger partial charge in [-0.05, 0) is 35.0 Å². The van der Waals surface area contributed by atoms with Crippen LogP contribution in [0.4, 0.5) is 4.39 Å². The maximum Gasteiger partial charge on any atom is 0.268 e. The Morgan fingerprint density at radius 3 is 2.80 bits per heavy atom. The number of carbonyl (C=O) groups is 1. The molecule has 0 saturated heterocycles. The smallest absolute Gasteiger partial charge is 0.268 e. The van der Waals surface area contributed by atoms with E-state index in [4.69, 9.17) is 5.73 Å². The highest BCUT2D eigenvalue weighted by atomic mass is 79.9. The van der Waals surface area contributed by atoms with Crippen LogP contribution in [0.1, 0.15) is 21.7 Å². The van der Waals surface area contributed by atoms with Gasteiger partial charge >= 0.3 is 0 Å². The molecule has 1 amide bonds. The lowest BCUT2D eigenvalue weighted by Gasteiger charge is -2.10. The van der Waals surface area contributed by atoms with Gasteiger partial charge in [-0.15, -0.1) is 0 Å². The number of carbonyl (C=O) groups excluding carboxylic acids is 1. The van der Waals surface area contributed by atoms with Crippen molar-refractivity contribution >= 4 is 21.8 Å². The minimum atomic E-state index is -0.701. The van der Waals surface area contributed by atoms with Crippen LogP contribution >= 0.6 is 15.9 Å². The van der Waals surface area contributed by atoms with E-state index in [2.05, 4.69) is 20.9 Å². The number of hydrogen-bond donors (Lipinski definition) is 1. The molecule has 5 nitrogen and oxygen atoms in total. The lowest BCUT2D eigenvalue weighted by Crippen LogP contribution is -2.25. The Morgan fingerprint density at radius 2 is 2.20 bits per heavy atom. The fourth-order valence-electron chi connectivity index (χ4n) is 1.74. The lowest BCUT2D eigenvalue weighted by atomic mass is 10.1. The molecular formula is C13H11BrFN3O2. The van der Waals surface area contributed by atoms with Gasteiger partial charge in [-0.2, -0.15) is 0 Å². The number of amides is 1. The molecule has 2 N–H and O–H groups in total. The van der Waals surface area contributed by atoms with Crippen LogP contribution in [0, 0.1) is 12.7 Å². The zero-order valence-corrected chi connectivity index (χ0v) is 12.1. The fraction of sp³-hybridized carbons (Fsp3) is 0.154. The Kier molecular flexibility index (Phi) is 3.99. The third kappa shape index (κ3) is 2.77. The SMILES string of the molecule is Cc1ncc(Br)c(=O)n1Cc1ccc(C(N)=O)cc1F. The normalized spacial score (nSPS) is 10.6. The molecule has 0 aliphatic rings. The summed E-state index contributed by atoms with van der Waals surface area (Å²) in [4.78, 5) is 27.0. The zero-order valence-electron chi connectivity index (χ0n) is 10.6. The molecule has 0 unspecified atom stereocenters. The van der Waals surface area contributed by atoms with Gasteiger partial charge < -0.3 is 5.73 Å². The van der Waals surface area contributed by atoms with E-state index < -0.39 is 11.7 Å². The average molecular weight is 340 g/mol. The first-order chi connectivity index (χ1) is 9.40. The van der Waals surface area contributed by atoms with Gasteiger partial charge in [-0.1, -0.05) is 6.07 Å². The second kappa shape index (κ2) is 5.54. The van der Waals surface area contributed by atoms with Crippen molar-refractivity contribution < 1.29 is 9.18 Å². The van der Waals surface area contributed by atoms with Gasteiger partial charge in [0, 0.05) is 17.3 Å². The van der Waals surface area contributed by atoms with Crippen molar-refractivity contribution in [2.75, 3.05) is 0 Å². The third-order valence-corrected chi connectivity index (χ3v) is 3.41. The van der Waals surface area contributed by atoms with Gasteiger partial charge in [0.2, 0.25) is 5.91 Å². The number of aromatic nitrogens is 2. The van der Waals surface area contributed by atoms with Gasteiger partial charge in [0.15, 0.2) is 0 Å². The molecule has 0 aliphatic carbocycles. The molecular weight excluding hydrogens is 329 g/mol. The lowest BCUT2D eigenvalue weighted by molar-refractivity contribution is 0.1000. The second-order valence-electron chi connectivity index (χ2n) is 4.22. The zero-order chi connectivity index (χ0) is 14.9. The number of halogens is 2. The van der Waals surface area contributed by atoms with Crippen LogP contribution in [-0.4, -0.2) is 15.5 Å². The highest BCUT2D eigenvalue weighted by molar-refractivity contribution is 9.10. The summed E-state index contributed by atoms with van der Waals surface area (Å²) < 4.78 is 15.5. The summed E-state index contributed by atoms with van der Waals surface area (Å²) >= 11 is 3.09. The van der Waals surface area contributed by atoms with E-state index in [1.165, 1.54) is 22.9 Å². The third-order valence-electron chi connectivity index (χ3n) is 2.87. The number of benzene rings is 1. The predicted molar refractivity (Wildman–Crippen MR) is 75.0 cm³/mol. The second-order valence-corrected chi connectivity index (χ2v) is 5.07. The first kappa shape index (κ1) is 14.4. The molecule has 7 heteroatoms. The summed E-state index contributed by atoms with van der Waals surface area (Å²) in [6.45, 7) is 1.69. The first-order valence-corrected chi connectivity index (χ1v) is 6.49. The molecule has 2 aromatic rings. The Hall–Kier alpha value is -2.02. The Morgan fingerprint density at radius 1 is 1.50 bits per heavy atom. The van der Waals surface area contributed by atoms with Crippen molar-refractivity contribution in [3.8, 4) is 0 Å². The van der Waals surface area contributed by atoms with Crippen molar-refractivity contribution in [3.63, 3.8) is 0 Å². The van der Waals surface area contributed by atoms with Crippen molar-refractivity contribution in [3.05, 3.63) is 62.0 Å². The monoisotopic (exact) mass is 339 g/mol. The van der Waals surface area contributed by atoms with Crippen LogP contribution < -0.4 is 11.3 Å². The molecule has 0 aliphatic heterocycles. The van der Waals surface area contributed by atoms with E-state index in [1.807, 2.05) is 0 Å². The van der Waals surface area contributed by atoms with Gasteiger partial charge in [-0.25, -0.2) is 9.37 Å². The summed E-state index contributed by atoms with van der Waals surface area (Å²) in [6, 6.07) is 3.91. The molecule has 0 fully saturated rings. The molecule has 20 heavy (non-hydrogen) atoms. The standard InChI is InChI=1S/C13H11BrFN3O2/c1-7-17-5-10(14)13(20)18(7)6-9-3-2-8(12(16)19)4-11(9)15/h2-5H,6H2,1H3,(H2,16,19). The van der Waals surface area contributed by atoms with Crippen LogP contribution in [0.2, 0.25) is 0 Å². The number of aryl methyl sites for hydroxylation is 1. The summed E-state index contributed by atoms with van der Waals surface area (Å²) in [5.41, 5.74) is 5.14. The van der Waals surface area contributed by atoms with Gasteiger partial charge in [0.1, 0.15) is 16.1 Å². The molecule has 1 aromatic heterocycles. The molecule has 104 valence electrons. The number of hydrogen-bond acceptors (Lipinski definition) is 3. The average Bonchev–Trinajstić information content (AvgIpc) is 2.40. The molecule has 1 aromatic carbocycles. The topological polar surface area (TPSA) is 78.0 Å². The molecule has 0 atom stereocenters. The predicted octanol–water partition coefficient (Wildman–Crippen LogP) is 1.60. The molecule has 2 rings (SSSR count). The van der Waals surface area contributed by atoms with Crippen molar-refractivity contribution in [1.82, 2.24) is 9.55 Å². The van der Waals surface area contributed by atoms with E-state index in [0.717, 1.165) is 6.07 Å². The maximum absolute atomic E-state index is 13.9. The maximum atomic E-state index is 13.9. The number of nitrogens with zero attached hydrogens (tertiary/aromatic N) is 2. The van der Waals surface area contributed by atoms with Crippen LogP contribution in [0.5, 0.6) is 0 Å². The van der Waals surface area contributed by atoms with Crippen LogP contribution in [0.3, 0.4) is 0 Å². The van der Waals surface area contributed by atoms with Crippen LogP contribution in [0.25, 0.3) is 0 Å². The highest BCUT2D eigenvalue weighted by Gasteiger charge is 2.11. The Balaban J connectivity index is 2.43. The molecule has 0 saturated carbocycles. The van der Waals surface area contributed by atoms with E-state index in [9.17, 15) is 14.0 Å². The summed E-state index contributed by atoms with van der Waals surface area (Å²) in [5, 5.41) is 0.